The van der Waals surface area contributed by atoms with Gasteiger partial charge >= 0.3 is 0 Å². The number of rotatable bonds is 7. The Morgan fingerprint density at radius 3 is 2.73 bits per heavy atom. The normalized spacial score (nSPS) is 22.4. The Morgan fingerprint density at radius 2 is 1.97 bits per heavy atom. The van der Waals surface area contributed by atoms with E-state index in [1.807, 2.05) is 30.3 Å². The molecule has 2 aliphatic heterocycles. The predicted octanol–water partition coefficient (Wildman–Crippen LogP) is 2.25. The maximum Gasteiger partial charge on any atom is 0.251 e. The Bertz CT molecular complexity index is 1040. The molecule has 3 N–H and O–H groups in total. The lowest BCUT2D eigenvalue weighted by molar-refractivity contribution is -0.129. The number of carbonyl (C=O) groups excluding carboxylic acids is 3. The van der Waals surface area contributed by atoms with Crippen molar-refractivity contribution in [3.05, 3.63) is 70.5 Å². The van der Waals surface area contributed by atoms with Gasteiger partial charge in [-0.3, -0.25) is 19.3 Å². The molecular weight excluding hydrogens is 447 g/mol. The topological polar surface area (TPSA) is 90.5 Å². The third-order valence-corrected chi connectivity index (χ3v) is 6.47. The van der Waals surface area contributed by atoms with E-state index in [4.69, 9.17) is 11.6 Å². The minimum absolute atomic E-state index is 0.0114. The van der Waals surface area contributed by atoms with E-state index in [1.54, 1.807) is 0 Å². The molecule has 2 saturated heterocycles. The quantitative estimate of drug-likeness (QED) is 0.576. The van der Waals surface area contributed by atoms with Gasteiger partial charge in [0.15, 0.2) is 0 Å². The number of amides is 3. The first-order valence-corrected chi connectivity index (χ1v) is 11.4. The highest BCUT2D eigenvalue weighted by molar-refractivity contribution is 6.31. The van der Waals surface area contributed by atoms with Crippen molar-refractivity contribution in [3.8, 4) is 0 Å². The summed E-state index contributed by atoms with van der Waals surface area (Å²) in [5.41, 5.74) is 1.30. The second-order valence-electron chi connectivity index (χ2n) is 8.45. The summed E-state index contributed by atoms with van der Waals surface area (Å²) in [6, 6.07) is 13.0. The van der Waals surface area contributed by atoms with Crippen LogP contribution in [0.15, 0.2) is 48.5 Å². The molecule has 0 bridgehead atoms. The molecule has 0 aliphatic carbocycles. The Labute approximate surface area is 196 Å². The molecule has 174 valence electrons. The van der Waals surface area contributed by atoms with Gasteiger partial charge in [-0.1, -0.05) is 41.9 Å². The monoisotopic (exact) mass is 472 g/mol. The van der Waals surface area contributed by atoms with Gasteiger partial charge in [-0.15, -0.1) is 0 Å². The van der Waals surface area contributed by atoms with E-state index >= 15 is 0 Å². The number of halogens is 2. The highest BCUT2D eigenvalue weighted by Crippen LogP contribution is 2.26. The van der Waals surface area contributed by atoms with Crippen LogP contribution in [0.25, 0.3) is 0 Å². The number of fused-ring (bicyclic) bond motifs is 1. The van der Waals surface area contributed by atoms with Gasteiger partial charge in [0.05, 0.1) is 11.1 Å². The lowest BCUT2D eigenvalue weighted by Gasteiger charge is -2.37. The van der Waals surface area contributed by atoms with Crippen LogP contribution in [-0.4, -0.2) is 53.8 Å². The van der Waals surface area contributed by atoms with Crippen molar-refractivity contribution in [2.45, 2.75) is 43.9 Å². The molecule has 0 aromatic heterocycles. The second kappa shape index (κ2) is 10.3. The lowest BCUT2D eigenvalue weighted by atomic mass is 10.0. The van der Waals surface area contributed by atoms with Gasteiger partial charge in [0.1, 0.15) is 5.82 Å². The van der Waals surface area contributed by atoms with Crippen LogP contribution in [0, 0.1) is 5.82 Å². The molecule has 33 heavy (non-hydrogen) atoms. The first-order chi connectivity index (χ1) is 15.9. The molecule has 2 aromatic carbocycles. The summed E-state index contributed by atoms with van der Waals surface area (Å²) < 4.78 is 13.4. The minimum atomic E-state index is -0.585. The van der Waals surface area contributed by atoms with Crippen molar-refractivity contribution in [2.24, 2.45) is 0 Å². The van der Waals surface area contributed by atoms with Crippen molar-refractivity contribution < 1.29 is 18.8 Å². The molecule has 2 heterocycles. The Hall–Kier alpha value is -2.97. The zero-order chi connectivity index (χ0) is 23.4. The molecule has 3 amide bonds. The minimum Gasteiger partial charge on any atom is -0.353 e. The predicted molar refractivity (Wildman–Crippen MR) is 122 cm³/mol. The molecule has 2 aromatic rings. The zero-order valence-corrected chi connectivity index (χ0v) is 18.8. The SMILES string of the molecule is O=C(CC[C@@H]1CNC(=O)[C@@H]2C[C@H](NC(=O)c3ccc(F)c(Cl)c3)CN12)NCc1ccccc1. The van der Waals surface area contributed by atoms with Gasteiger partial charge in [-0.05, 0) is 36.6 Å². The fourth-order valence-electron chi connectivity index (χ4n) is 4.44. The Morgan fingerprint density at radius 1 is 1.18 bits per heavy atom. The summed E-state index contributed by atoms with van der Waals surface area (Å²) in [6.07, 6.45) is 1.43. The fourth-order valence-corrected chi connectivity index (χ4v) is 4.62. The average Bonchev–Trinajstić information content (AvgIpc) is 3.24. The molecular formula is C24H26ClFN4O3. The molecule has 2 fully saturated rings. The maximum absolute atomic E-state index is 13.4. The number of benzene rings is 2. The summed E-state index contributed by atoms with van der Waals surface area (Å²) in [5.74, 6) is -1.05. The van der Waals surface area contributed by atoms with Crippen molar-refractivity contribution in [1.82, 2.24) is 20.9 Å². The van der Waals surface area contributed by atoms with E-state index in [0.717, 1.165) is 11.6 Å². The van der Waals surface area contributed by atoms with Gasteiger partial charge in [-0.25, -0.2) is 4.39 Å². The number of carbonyl (C=O) groups is 3. The summed E-state index contributed by atoms with van der Waals surface area (Å²) >= 11 is 5.78. The standard InChI is InChI=1S/C24H26ClFN4O3/c25-19-10-16(6-8-20(19)26)23(32)29-17-11-21-24(33)28-13-18(30(21)14-17)7-9-22(31)27-12-15-4-2-1-3-5-15/h1-6,8,10,17-18,21H,7,9,11-14H2,(H,27,31)(H,28,33)(H,29,32)/t17-,18+,21-/m0/s1. The van der Waals surface area contributed by atoms with E-state index in [1.165, 1.54) is 12.1 Å². The molecule has 3 atom stereocenters. The second-order valence-corrected chi connectivity index (χ2v) is 8.85. The molecule has 2 aliphatic rings. The van der Waals surface area contributed by atoms with Crippen molar-refractivity contribution in [1.29, 1.82) is 0 Å². The molecule has 0 saturated carbocycles. The largest absolute Gasteiger partial charge is 0.353 e. The summed E-state index contributed by atoms with van der Waals surface area (Å²) in [4.78, 5) is 39.4. The van der Waals surface area contributed by atoms with E-state index in [-0.39, 0.29) is 46.4 Å². The van der Waals surface area contributed by atoms with Crippen LogP contribution in [0.4, 0.5) is 4.39 Å². The van der Waals surface area contributed by atoms with Gasteiger partial charge in [-0.2, -0.15) is 0 Å². The maximum atomic E-state index is 13.4. The highest BCUT2D eigenvalue weighted by Gasteiger charge is 2.43. The summed E-state index contributed by atoms with van der Waals surface area (Å²) in [7, 11) is 0. The molecule has 9 heteroatoms. The van der Waals surface area contributed by atoms with Crippen LogP contribution in [0.5, 0.6) is 0 Å². The van der Waals surface area contributed by atoms with Crippen LogP contribution >= 0.6 is 11.6 Å². The van der Waals surface area contributed by atoms with Gasteiger partial charge in [0.25, 0.3) is 5.91 Å². The van der Waals surface area contributed by atoms with Crippen LogP contribution in [0.1, 0.15) is 35.2 Å². The smallest absolute Gasteiger partial charge is 0.251 e. The zero-order valence-electron chi connectivity index (χ0n) is 18.0. The van der Waals surface area contributed by atoms with Gasteiger partial charge in [0.2, 0.25) is 11.8 Å². The number of hydrogen-bond donors (Lipinski definition) is 3. The molecule has 0 spiro atoms. The Balaban J connectivity index is 1.30. The van der Waals surface area contributed by atoms with Crippen molar-refractivity contribution in [3.63, 3.8) is 0 Å². The number of nitrogens with zero attached hydrogens (tertiary/aromatic N) is 1. The van der Waals surface area contributed by atoms with E-state index in [2.05, 4.69) is 20.9 Å². The van der Waals surface area contributed by atoms with E-state index in [9.17, 15) is 18.8 Å². The van der Waals surface area contributed by atoms with Gasteiger partial charge in [0, 0.05) is 43.7 Å². The van der Waals surface area contributed by atoms with E-state index in [0.29, 0.717) is 38.9 Å². The van der Waals surface area contributed by atoms with Crippen LogP contribution in [0.3, 0.4) is 0 Å². The first kappa shape index (κ1) is 23.2. The summed E-state index contributed by atoms with van der Waals surface area (Å²) in [6.45, 7) is 1.46. The third-order valence-electron chi connectivity index (χ3n) is 6.18. The lowest BCUT2D eigenvalue weighted by Crippen LogP contribution is -2.58. The number of hydrogen-bond acceptors (Lipinski definition) is 4. The van der Waals surface area contributed by atoms with Crippen molar-refractivity contribution in [2.75, 3.05) is 13.1 Å². The van der Waals surface area contributed by atoms with Crippen LogP contribution in [-0.2, 0) is 16.1 Å². The average molecular weight is 473 g/mol. The van der Waals surface area contributed by atoms with E-state index < -0.39 is 5.82 Å². The molecule has 0 unspecified atom stereocenters. The first-order valence-electron chi connectivity index (χ1n) is 11.0. The van der Waals surface area contributed by atoms with Crippen LogP contribution < -0.4 is 16.0 Å². The molecule has 7 nitrogen and oxygen atoms in total. The third kappa shape index (κ3) is 5.69. The Kier molecular flexibility index (Phi) is 7.25. The molecule has 4 rings (SSSR count). The number of nitrogens with one attached hydrogen (secondary N) is 3. The summed E-state index contributed by atoms with van der Waals surface area (Å²) in [5, 5.41) is 8.66. The van der Waals surface area contributed by atoms with Gasteiger partial charge < -0.3 is 16.0 Å². The van der Waals surface area contributed by atoms with Crippen molar-refractivity contribution >= 4 is 29.3 Å². The number of piperazine rings is 1. The highest BCUT2D eigenvalue weighted by atomic mass is 35.5. The molecule has 0 radical (unpaired) electrons. The fraction of sp³-hybridized carbons (Fsp3) is 0.375. The van der Waals surface area contributed by atoms with Crippen LogP contribution in [0.2, 0.25) is 5.02 Å².